The number of carbonyl (C=O) groups is 2. The van der Waals surface area contributed by atoms with Crippen molar-refractivity contribution in [3.05, 3.63) is 43.5 Å². The molecule has 0 fully saturated rings. The van der Waals surface area contributed by atoms with Gasteiger partial charge < -0.3 is 15.4 Å². The molecule has 0 unspecified atom stereocenters. The number of carbonyl (C=O) groups excluding carboxylic acids is 1. The van der Waals surface area contributed by atoms with Gasteiger partial charge in [-0.3, -0.25) is 9.59 Å². The minimum atomic E-state index is -1.08. The second-order valence-electron chi connectivity index (χ2n) is 6.56. The standard InChI is InChI=1S/C16H20N4O4S/c1-8-11(13(22)20-15(18-8)16(2,3)4)12(21)17-6-5-10-19-9(7-25-10)14(23)24/h7H,5-6H2,1-4H3,(H,17,21)(H,23,24)(H,18,20,22). The zero-order valence-corrected chi connectivity index (χ0v) is 15.3. The number of aromatic carboxylic acids is 1. The lowest BCUT2D eigenvalue weighted by Gasteiger charge is -2.18. The Balaban J connectivity index is 2.05. The number of amides is 1. The van der Waals surface area contributed by atoms with Crippen molar-refractivity contribution in [2.75, 3.05) is 6.54 Å². The zero-order chi connectivity index (χ0) is 18.8. The van der Waals surface area contributed by atoms with Gasteiger partial charge in [-0.15, -0.1) is 11.3 Å². The fourth-order valence-corrected chi connectivity index (χ4v) is 2.88. The molecular weight excluding hydrogens is 344 g/mol. The van der Waals surface area contributed by atoms with Gasteiger partial charge >= 0.3 is 5.97 Å². The van der Waals surface area contributed by atoms with Gasteiger partial charge in [-0.25, -0.2) is 14.8 Å². The zero-order valence-electron chi connectivity index (χ0n) is 14.5. The molecule has 2 aromatic heterocycles. The van der Waals surface area contributed by atoms with Crippen molar-refractivity contribution in [2.24, 2.45) is 0 Å². The quantitative estimate of drug-likeness (QED) is 0.738. The van der Waals surface area contributed by atoms with Gasteiger partial charge in [-0.1, -0.05) is 20.8 Å². The van der Waals surface area contributed by atoms with Crippen molar-refractivity contribution >= 4 is 23.2 Å². The van der Waals surface area contributed by atoms with Gasteiger partial charge in [0.1, 0.15) is 11.4 Å². The van der Waals surface area contributed by atoms with E-state index in [1.165, 1.54) is 16.7 Å². The number of thiazole rings is 1. The number of hydrogen-bond donors (Lipinski definition) is 3. The highest BCUT2D eigenvalue weighted by Crippen LogP contribution is 2.17. The molecule has 0 radical (unpaired) electrons. The van der Waals surface area contributed by atoms with Crippen LogP contribution in [0.15, 0.2) is 10.2 Å². The van der Waals surface area contributed by atoms with Gasteiger partial charge in [0.2, 0.25) is 0 Å². The average molecular weight is 364 g/mol. The van der Waals surface area contributed by atoms with Crippen LogP contribution in [0.5, 0.6) is 0 Å². The van der Waals surface area contributed by atoms with E-state index in [9.17, 15) is 14.4 Å². The minimum absolute atomic E-state index is 0.0133. The second-order valence-corrected chi connectivity index (χ2v) is 7.51. The Morgan fingerprint density at radius 3 is 2.52 bits per heavy atom. The molecule has 9 heteroatoms. The molecule has 2 rings (SSSR count). The van der Waals surface area contributed by atoms with Gasteiger partial charge in [0, 0.05) is 23.8 Å². The first-order chi connectivity index (χ1) is 11.6. The summed E-state index contributed by atoms with van der Waals surface area (Å²) in [5.74, 6) is -1.07. The molecule has 0 aromatic carbocycles. The van der Waals surface area contributed by atoms with Crippen LogP contribution in [-0.4, -0.2) is 38.5 Å². The molecule has 2 aromatic rings. The summed E-state index contributed by atoms with van der Waals surface area (Å²) < 4.78 is 0. The molecule has 1 amide bonds. The number of carboxylic acids is 1. The van der Waals surface area contributed by atoms with E-state index in [-0.39, 0.29) is 23.2 Å². The molecule has 3 N–H and O–H groups in total. The average Bonchev–Trinajstić information content (AvgIpc) is 2.94. The molecule has 8 nitrogen and oxygen atoms in total. The number of aromatic nitrogens is 3. The van der Waals surface area contributed by atoms with E-state index in [0.717, 1.165) is 0 Å². The van der Waals surface area contributed by atoms with Crippen LogP contribution in [-0.2, 0) is 11.8 Å². The summed E-state index contributed by atoms with van der Waals surface area (Å²) in [4.78, 5) is 46.2. The minimum Gasteiger partial charge on any atom is -0.476 e. The molecular formula is C16H20N4O4S. The molecule has 0 bridgehead atoms. The molecule has 0 saturated heterocycles. The fraction of sp³-hybridized carbons (Fsp3) is 0.438. The lowest BCUT2D eigenvalue weighted by Crippen LogP contribution is -2.34. The summed E-state index contributed by atoms with van der Waals surface area (Å²) >= 11 is 1.21. The smallest absolute Gasteiger partial charge is 0.355 e. The molecule has 134 valence electrons. The summed E-state index contributed by atoms with van der Waals surface area (Å²) in [6, 6.07) is 0. The fourth-order valence-electron chi connectivity index (χ4n) is 2.10. The molecule has 0 spiro atoms. The van der Waals surface area contributed by atoms with E-state index in [1.54, 1.807) is 6.92 Å². The van der Waals surface area contributed by atoms with Crippen molar-refractivity contribution in [3.8, 4) is 0 Å². The van der Waals surface area contributed by atoms with Crippen LogP contribution in [0.2, 0.25) is 0 Å². The SMILES string of the molecule is Cc1nc(C(C)(C)C)[nH]c(=O)c1C(=O)NCCc1nc(C(=O)O)cs1. The maximum absolute atomic E-state index is 12.3. The van der Waals surface area contributed by atoms with E-state index >= 15 is 0 Å². The Bertz CT molecular complexity index is 864. The molecule has 25 heavy (non-hydrogen) atoms. The Morgan fingerprint density at radius 1 is 1.32 bits per heavy atom. The van der Waals surface area contributed by atoms with Crippen LogP contribution < -0.4 is 10.9 Å². The first-order valence-electron chi connectivity index (χ1n) is 7.67. The van der Waals surface area contributed by atoms with Crippen molar-refractivity contribution in [1.82, 2.24) is 20.3 Å². The number of nitrogens with zero attached hydrogens (tertiary/aromatic N) is 2. The Morgan fingerprint density at radius 2 is 2.00 bits per heavy atom. The van der Waals surface area contributed by atoms with Crippen molar-refractivity contribution < 1.29 is 14.7 Å². The monoisotopic (exact) mass is 364 g/mol. The highest BCUT2D eigenvalue weighted by Gasteiger charge is 2.22. The van der Waals surface area contributed by atoms with E-state index in [4.69, 9.17) is 5.11 Å². The molecule has 0 aliphatic carbocycles. The van der Waals surface area contributed by atoms with Gasteiger partial charge in [-0.2, -0.15) is 0 Å². The van der Waals surface area contributed by atoms with Gasteiger partial charge in [0.25, 0.3) is 11.5 Å². The maximum atomic E-state index is 12.3. The van der Waals surface area contributed by atoms with Crippen molar-refractivity contribution in [2.45, 2.75) is 39.5 Å². The van der Waals surface area contributed by atoms with Crippen LogP contribution in [0, 0.1) is 6.92 Å². The van der Waals surface area contributed by atoms with Gasteiger partial charge in [0.05, 0.1) is 10.7 Å². The van der Waals surface area contributed by atoms with Gasteiger partial charge in [-0.05, 0) is 6.92 Å². The van der Waals surface area contributed by atoms with Crippen LogP contribution in [0.4, 0.5) is 0 Å². The Hall–Kier alpha value is -2.55. The highest BCUT2D eigenvalue weighted by atomic mass is 32.1. The molecule has 0 aliphatic rings. The topological polar surface area (TPSA) is 125 Å². The normalized spacial score (nSPS) is 11.4. The number of aromatic amines is 1. The molecule has 0 saturated carbocycles. The third kappa shape index (κ3) is 4.50. The van der Waals surface area contributed by atoms with Crippen LogP contribution >= 0.6 is 11.3 Å². The first kappa shape index (κ1) is 18.8. The van der Waals surface area contributed by atoms with E-state index in [1.807, 2.05) is 20.8 Å². The van der Waals surface area contributed by atoms with E-state index < -0.39 is 17.4 Å². The summed E-state index contributed by atoms with van der Waals surface area (Å²) in [7, 11) is 0. The summed E-state index contributed by atoms with van der Waals surface area (Å²) in [6.45, 7) is 7.63. The predicted molar refractivity (Wildman–Crippen MR) is 93.4 cm³/mol. The molecule has 0 atom stereocenters. The summed E-state index contributed by atoms with van der Waals surface area (Å²) in [6.07, 6.45) is 0.383. The van der Waals surface area contributed by atoms with E-state index in [0.29, 0.717) is 22.9 Å². The number of hydrogen-bond acceptors (Lipinski definition) is 6. The lowest BCUT2D eigenvalue weighted by molar-refractivity contribution is 0.0690. The highest BCUT2D eigenvalue weighted by molar-refractivity contribution is 7.09. The third-order valence-electron chi connectivity index (χ3n) is 3.43. The predicted octanol–water partition coefficient (Wildman–Crippen LogP) is 1.50. The Kier molecular flexibility index (Phi) is 5.36. The van der Waals surface area contributed by atoms with Crippen molar-refractivity contribution in [1.29, 1.82) is 0 Å². The number of carboxylic acid groups (broad SMARTS) is 1. The van der Waals surface area contributed by atoms with E-state index in [2.05, 4.69) is 20.3 Å². The maximum Gasteiger partial charge on any atom is 0.355 e. The lowest BCUT2D eigenvalue weighted by atomic mass is 9.95. The first-order valence-corrected chi connectivity index (χ1v) is 8.55. The number of nitrogens with one attached hydrogen (secondary N) is 2. The van der Waals surface area contributed by atoms with Crippen molar-refractivity contribution in [3.63, 3.8) is 0 Å². The largest absolute Gasteiger partial charge is 0.476 e. The van der Waals surface area contributed by atoms with Crippen LogP contribution in [0.3, 0.4) is 0 Å². The second kappa shape index (κ2) is 7.14. The number of aryl methyl sites for hydroxylation is 1. The Labute approximate surface area is 148 Å². The third-order valence-corrected chi connectivity index (χ3v) is 4.34. The summed E-state index contributed by atoms with van der Waals surface area (Å²) in [5.41, 5.74) is -0.462. The summed E-state index contributed by atoms with van der Waals surface area (Å²) in [5, 5.41) is 13.5. The van der Waals surface area contributed by atoms with Crippen LogP contribution in [0.25, 0.3) is 0 Å². The van der Waals surface area contributed by atoms with Gasteiger partial charge in [0.15, 0.2) is 5.69 Å². The number of H-pyrrole nitrogens is 1. The molecule has 2 heterocycles. The number of rotatable bonds is 5. The molecule has 0 aliphatic heterocycles. The van der Waals surface area contributed by atoms with Crippen LogP contribution in [0.1, 0.15) is 58.1 Å².